The number of hydrogen-bond acceptors (Lipinski definition) is 2. The van der Waals surface area contributed by atoms with Gasteiger partial charge in [0.1, 0.15) is 0 Å². The van der Waals surface area contributed by atoms with Crippen LogP contribution in [0.5, 0.6) is 0 Å². The van der Waals surface area contributed by atoms with E-state index < -0.39 is 5.97 Å². The molecule has 0 saturated carbocycles. The highest BCUT2D eigenvalue weighted by Gasteiger charge is 2.20. The van der Waals surface area contributed by atoms with Crippen molar-refractivity contribution in [2.24, 2.45) is 5.92 Å². The average Bonchev–Trinajstić information content (AvgIpc) is 2.39. The Kier molecular flexibility index (Phi) is 4.37. The maximum atomic E-state index is 11.2. The highest BCUT2D eigenvalue weighted by Crippen LogP contribution is 2.21. The summed E-state index contributed by atoms with van der Waals surface area (Å²) in [5, 5.41) is 9.17. The van der Waals surface area contributed by atoms with Crippen LogP contribution in [-0.2, 0) is 6.54 Å². The molecular weight excluding hydrogens is 226 g/mol. The molecule has 0 spiro atoms. The number of carbonyl (C=O) groups is 1. The monoisotopic (exact) mass is 247 g/mol. The van der Waals surface area contributed by atoms with Crippen molar-refractivity contribution < 1.29 is 9.90 Å². The first-order chi connectivity index (χ1) is 8.70. The molecule has 0 aliphatic carbocycles. The molecule has 1 aliphatic rings. The number of piperidine rings is 1. The van der Waals surface area contributed by atoms with Crippen LogP contribution in [0.3, 0.4) is 0 Å². The van der Waals surface area contributed by atoms with Gasteiger partial charge < -0.3 is 5.11 Å². The number of benzene rings is 1. The lowest BCUT2D eigenvalue weighted by Gasteiger charge is -2.32. The highest BCUT2D eigenvalue weighted by atomic mass is 16.4. The maximum absolute atomic E-state index is 11.2. The summed E-state index contributed by atoms with van der Waals surface area (Å²) in [6, 6.07) is 7.33. The number of carboxylic acid groups (broad SMARTS) is 1. The zero-order valence-electron chi connectivity index (χ0n) is 10.9. The Balaban J connectivity index is 2.07. The summed E-state index contributed by atoms with van der Waals surface area (Å²) in [6.45, 7) is 5.19. The minimum Gasteiger partial charge on any atom is -0.478 e. The van der Waals surface area contributed by atoms with Crippen molar-refractivity contribution in [2.45, 2.75) is 32.7 Å². The van der Waals surface area contributed by atoms with Gasteiger partial charge >= 0.3 is 5.97 Å². The molecule has 1 saturated heterocycles. The van der Waals surface area contributed by atoms with Crippen LogP contribution in [-0.4, -0.2) is 29.1 Å². The Morgan fingerprint density at radius 2 is 2.22 bits per heavy atom. The van der Waals surface area contributed by atoms with Gasteiger partial charge in [-0.1, -0.05) is 31.5 Å². The van der Waals surface area contributed by atoms with Crippen LogP contribution in [0, 0.1) is 5.92 Å². The summed E-state index contributed by atoms with van der Waals surface area (Å²) >= 11 is 0. The Hall–Kier alpha value is -1.35. The van der Waals surface area contributed by atoms with Gasteiger partial charge in [0.05, 0.1) is 5.56 Å². The topological polar surface area (TPSA) is 40.5 Å². The third-order valence-electron chi connectivity index (χ3n) is 3.82. The van der Waals surface area contributed by atoms with Gasteiger partial charge in [0.2, 0.25) is 0 Å². The molecule has 1 aromatic rings. The molecule has 1 aromatic carbocycles. The van der Waals surface area contributed by atoms with Crippen molar-refractivity contribution in [1.29, 1.82) is 0 Å². The normalized spacial score (nSPS) is 20.8. The first-order valence-corrected chi connectivity index (χ1v) is 6.74. The molecule has 2 rings (SSSR count). The fraction of sp³-hybridized carbons (Fsp3) is 0.533. The second-order valence-electron chi connectivity index (χ2n) is 5.11. The Morgan fingerprint density at radius 1 is 1.44 bits per heavy atom. The van der Waals surface area contributed by atoms with Crippen LogP contribution < -0.4 is 0 Å². The lowest BCUT2D eigenvalue weighted by molar-refractivity contribution is 0.0693. The SMILES string of the molecule is CCC1CCCN(Cc2ccccc2C(=O)O)C1. The molecule has 3 nitrogen and oxygen atoms in total. The third kappa shape index (κ3) is 3.10. The summed E-state index contributed by atoms with van der Waals surface area (Å²) in [4.78, 5) is 13.6. The van der Waals surface area contributed by atoms with Crippen molar-refractivity contribution in [2.75, 3.05) is 13.1 Å². The van der Waals surface area contributed by atoms with Crippen LogP contribution in [0.15, 0.2) is 24.3 Å². The maximum Gasteiger partial charge on any atom is 0.336 e. The number of carboxylic acids is 1. The average molecular weight is 247 g/mol. The van der Waals surface area contributed by atoms with E-state index >= 15 is 0 Å². The van der Waals surface area contributed by atoms with E-state index in [1.807, 2.05) is 12.1 Å². The minimum atomic E-state index is -0.824. The zero-order chi connectivity index (χ0) is 13.0. The summed E-state index contributed by atoms with van der Waals surface area (Å²) in [5.41, 5.74) is 1.37. The molecule has 0 aromatic heterocycles. The second-order valence-corrected chi connectivity index (χ2v) is 5.11. The van der Waals surface area contributed by atoms with Gasteiger partial charge in [0.15, 0.2) is 0 Å². The Labute approximate surface area is 108 Å². The van der Waals surface area contributed by atoms with Crippen LogP contribution in [0.25, 0.3) is 0 Å². The molecule has 1 N–H and O–H groups in total. The van der Waals surface area contributed by atoms with Gasteiger partial charge in [-0.05, 0) is 36.9 Å². The predicted molar refractivity (Wildman–Crippen MR) is 71.7 cm³/mol. The number of nitrogens with zero attached hydrogens (tertiary/aromatic N) is 1. The molecule has 1 fully saturated rings. The Bertz CT molecular complexity index is 417. The molecule has 18 heavy (non-hydrogen) atoms. The highest BCUT2D eigenvalue weighted by molar-refractivity contribution is 5.89. The third-order valence-corrected chi connectivity index (χ3v) is 3.82. The van der Waals surface area contributed by atoms with Crippen LogP contribution in [0.4, 0.5) is 0 Å². The number of likely N-dealkylation sites (tertiary alicyclic amines) is 1. The van der Waals surface area contributed by atoms with Gasteiger partial charge in [-0.25, -0.2) is 4.79 Å². The molecule has 1 heterocycles. The summed E-state index contributed by atoms with van der Waals surface area (Å²) in [5.74, 6) is -0.0506. The summed E-state index contributed by atoms with van der Waals surface area (Å²) in [7, 11) is 0. The Morgan fingerprint density at radius 3 is 2.94 bits per heavy atom. The van der Waals surface area contributed by atoms with E-state index in [-0.39, 0.29) is 0 Å². The molecule has 98 valence electrons. The molecule has 1 unspecified atom stereocenters. The molecule has 3 heteroatoms. The molecular formula is C15H21NO2. The molecule has 0 radical (unpaired) electrons. The lowest BCUT2D eigenvalue weighted by Crippen LogP contribution is -2.35. The predicted octanol–water partition coefficient (Wildman–Crippen LogP) is 3.01. The number of rotatable bonds is 4. The van der Waals surface area contributed by atoms with E-state index in [0.717, 1.165) is 31.1 Å². The fourth-order valence-corrected chi connectivity index (χ4v) is 2.74. The fourth-order valence-electron chi connectivity index (χ4n) is 2.74. The first kappa shape index (κ1) is 13.1. The van der Waals surface area contributed by atoms with Crippen LogP contribution >= 0.6 is 0 Å². The quantitative estimate of drug-likeness (QED) is 0.889. The van der Waals surface area contributed by atoms with E-state index in [0.29, 0.717) is 5.56 Å². The lowest BCUT2D eigenvalue weighted by atomic mass is 9.95. The standard InChI is InChI=1S/C15H21NO2/c1-2-12-6-5-9-16(10-12)11-13-7-3-4-8-14(13)15(17)18/h3-4,7-8,12H,2,5-6,9-11H2,1H3,(H,17,18). The van der Waals surface area contributed by atoms with Gasteiger partial charge in [-0.15, -0.1) is 0 Å². The van der Waals surface area contributed by atoms with E-state index in [1.165, 1.54) is 19.3 Å². The van der Waals surface area contributed by atoms with Gasteiger partial charge in [0, 0.05) is 13.1 Å². The number of aromatic carboxylic acids is 1. The van der Waals surface area contributed by atoms with E-state index in [4.69, 9.17) is 0 Å². The molecule has 0 amide bonds. The van der Waals surface area contributed by atoms with E-state index in [2.05, 4.69) is 11.8 Å². The van der Waals surface area contributed by atoms with Crippen LogP contribution in [0.2, 0.25) is 0 Å². The zero-order valence-corrected chi connectivity index (χ0v) is 10.9. The molecule has 1 aliphatic heterocycles. The van der Waals surface area contributed by atoms with Gasteiger partial charge in [-0.2, -0.15) is 0 Å². The van der Waals surface area contributed by atoms with Crippen molar-refractivity contribution >= 4 is 5.97 Å². The van der Waals surface area contributed by atoms with Crippen LogP contribution in [0.1, 0.15) is 42.1 Å². The first-order valence-electron chi connectivity index (χ1n) is 6.74. The molecule has 0 bridgehead atoms. The van der Waals surface area contributed by atoms with Crippen molar-refractivity contribution in [3.8, 4) is 0 Å². The largest absolute Gasteiger partial charge is 0.478 e. The van der Waals surface area contributed by atoms with E-state index in [9.17, 15) is 9.90 Å². The van der Waals surface area contributed by atoms with E-state index in [1.54, 1.807) is 12.1 Å². The second kappa shape index (κ2) is 6.01. The van der Waals surface area contributed by atoms with Crippen molar-refractivity contribution in [3.05, 3.63) is 35.4 Å². The number of hydrogen-bond donors (Lipinski definition) is 1. The summed E-state index contributed by atoms with van der Waals surface area (Å²) < 4.78 is 0. The summed E-state index contributed by atoms with van der Waals surface area (Å²) in [6.07, 6.45) is 3.76. The van der Waals surface area contributed by atoms with Crippen molar-refractivity contribution in [1.82, 2.24) is 4.90 Å². The van der Waals surface area contributed by atoms with Crippen molar-refractivity contribution in [3.63, 3.8) is 0 Å². The minimum absolute atomic E-state index is 0.441. The molecule has 1 atom stereocenters. The smallest absolute Gasteiger partial charge is 0.336 e. The van der Waals surface area contributed by atoms with Gasteiger partial charge in [0.25, 0.3) is 0 Å². The van der Waals surface area contributed by atoms with Gasteiger partial charge in [-0.3, -0.25) is 4.90 Å².